The Balaban J connectivity index is 1.87. The molecule has 5 heteroatoms. The Bertz CT molecular complexity index is 516. The number of para-hydroxylation sites is 1. The Morgan fingerprint density at radius 3 is 3.00 bits per heavy atom. The number of aliphatic hydroxyl groups is 1. The number of nitrogens with zero attached hydrogens (tertiary/aromatic N) is 1. The largest absolute Gasteiger partial charge is 0.396 e. The van der Waals surface area contributed by atoms with E-state index in [1.54, 1.807) is 0 Å². The van der Waals surface area contributed by atoms with Gasteiger partial charge in [0.1, 0.15) is 0 Å². The van der Waals surface area contributed by atoms with Gasteiger partial charge < -0.3 is 20.6 Å². The van der Waals surface area contributed by atoms with Crippen molar-refractivity contribution in [3.05, 3.63) is 23.8 Å². The van der Waals surface area contributed by atoms with Gasteiger partial charge in [0.05, 0.1) is 16.9 Å². The fraction of sp³-hybridized carbons (Fsp3) is 0.562. The van der Waals surface area contributed by atoms with Crippen LogP contribution in [0.1, 0.15) is 36.0 Å². The minimum Gasteiger partial charge on any atom is -0.396 e. The standard InChI is InChI=1S/C16H23N3O2/c20-11-7-12-4-1-2-10-19(12)16(21)13-5-3-6-14-15(13)18-9-8-17-14/h3,5-6,12,17-18,20H,1-2,4,7-11H2. The molecule has 1 saturated heterocycles. The Labute approximate surface area is 125 Å². The minimum absolute atomic E-state index is 0.0844. The van der Waals surface area contributed by atoms with Gasteiger partial charge in [-0.3, -0.25) is 4.79 Å². The molecule has 114 valence electrons. The summed E-state index contributed by atoms with van der Waals surface area (Å²) in [5, 5.41) is 15.9. The highest BCUT2D eigenvalue weighted by Gasteiger charge is 2.29. The average molecular weight is 289 g/mol. The second-order valence-electron chi connectivity index (χ2n) is 5.74. The van der Waals surface area contributed by atoms with Crippen LogP contribution in [0.25, 0.3) is 0 Å². The molecule has 5 nitrogen and oxygen atoms in total. The van der Waals surface area contributed by atoms with E-state index in [0.717, 1.165) is 55.8 Å². The summed E-state index contributed by atoms with van der Waals surface area (Å²) in [6, 6.07) is 5.99. The van der Waals surface area contributed by atoms with E-state index in [1.165, 1.54) is 0 Å². The van der Waals surface area contributed by atoms with Crippen LogP contribution in [-0.4, -0.2) is 48.2 Å². The molecule has 0 spiro atoms. The van der Waals surface area contributed by atoms with Crippen molar-refractivity contribution < 1.29 is 9.90 Å². The highest BCUT2D eigenvalue weighted by atomic mass is 16.3. The number of anilines is 2. The number of hydrogen-bond acceptors (Lipinski definition) is 4. The van der Waals surface area contributed by atoms with Gasteiger partial charge in [-0.05, 0) is 37.8 Å². The third-order valence-corrected chi connectivity index (χ3v) is 4.39. The number of carbonyl (C=O) groups excluding carboxylic acids is 1. The maximum absolute atomic E-state index is 12.9. The predicted octanol–water partition coefficient (Wildman–Crippen LogP) is 1.90. The highest BCUT2D eigenvalue weighted by Crippen LogP contribution is 2.31. The molecule has 0 radical (unpaired) electrons. The van der Waals surface area contributed by atoms with Gasteiger partial charge in [0.25, 0.3) is 5.91 Å². The SMILES string of the molecule is O=C(c1cccc2c1NCCN2)N1CCCCC1CCO. The van der Waals surface area contributed by atoms with Crippen molar-refractivity contribution in [3.63, 3.8) is 0 Å². The molecule has 1 aromatic carbocycles. The quantitative estimate of drug-likeness (QED) is 0.795. The van der Waals surface area contributed by atoms with Crippen molar-refractivity contribution in [3.8, 4) is 0 Å². The highest BCUT2D eigenvalue weighted by molar-refractivity contribution is 6.03. The molecule has 3 rings (SSSR count). The summed E-state index contributed by atoms with van der Waals surface area (Å²) in [5.41, 5.74) is 2.66. The Morgan fingerprint density at radius 2 is 2.14 bits per heavy atom. The number of piperidine rings is 1. The first-order valence-corrected chi connectivity index (χ1v) is 7.84. The van der Waals surface area contributed by atoms with Crippen molar-refractivity contribution in [2.45, 2.75) is 31.7 Å². The lowest BCUT2D eigenvalue weighted by Crippen LogP contribution is -2.44. The van der Waals surface area contributed by atoms with Crippen LogP contribution < -0.4 is 10.6 Å². The monoisotopic (exact) mass is 289 g/mol. The lowest BCUT2D eigenvalue weighted by atomic mass is 9.97. The molecule has 1 amide bonds. The molecule has 1 unspecified atom stereocenters. The molecular formula is C16H23N3O2. The number of likely N-dealkylation sites (tertiary alicyclic amines) is 1. The zero-order valence-electron chi connectivity index (χ0n) is 12.3. The number of aliphatic hydroxyl groups excluding tert-OH is 1. The number of carbonyl (C=O) groups is 1. The first-order chi connectivity index (χ1) is 10.3. The fourth-order valence-corrected chi connectivity index (χ4v) is 3.32. The van der Waals surface area contributed by atoms with E-state index in [-0.39, 0.29) is 18.6 Å². The van der Waals surface area contributed by atoms with Crippen LogP contribution >= 0.6 is 0 Å². The molecule has 2 aliphatic rings. The van der Waals surface area contributed by atoms with Gasteiger partial charge in [-0.15, -0.1) is 0 Å². The van der Waals surface area contributed by atoms with Crippen molar-refractivity contribution in [2.24, 2.45) is 0 Å². The van der Waals surface area contributed by atoms with Crippen LogP contribution in [0.15, 0.2) is 18.2 Å². The van der Waals surface area contributed by atoms with Crippen LogP contribution in [0.2, 0.25) is 0 Å². The summed E-state index contributed by atoms with van der Waals surface area (Å²) in [4.78, 5) is 14.9. The average Bonchev–Trinajstić information content (AvgIpc) is 2.54. The van der Waals surface area contributed by atoms with E-state index in [0.29, 0.717) is 6.42 Å². The van der Waals surface area contributed by atoms with Gasteiger partial charge in [0, 0.05) is 32.3 Å². The molecule has 0 saturated carbocycles. The van der Waals surface area contributed by atoms with E-state index in [1.807, 2.05) is 23.1 Å². The summed E-state index contributed by atoms with van der Waals surface area (Å²) in [7, 11) is 0. The van der Waals surface area contributed by atoms with Gasteiger partial charge in [0.15, 0.2) is 0 Å². The van der Waals surface area contributed by atoms with Gasteiger partial charge in [-0.2, -0.15) is 0 Å². The van der Waals surface area contributed by atoms with Crippen LogP contribution in [0.3, 0.4) is 0 Å². The molecule has 0 aromatic heterocycles. The van der Waals surface area contributed by atoms with Crippen LogP contribution in [0.5, 0.6) is 0 Å². The molecule has 0 bridgehead atoms. The normalized spacial score (nSPS) is 21.2. The zero-order chi connectivity index (χ0) is 14.7. The van der Waals surface area contributed by atoms with Crippen molar-refractivity contribution in [2.75, 3.05) is 36.9 Å². The molecule has 1 atom stereocenters. The number of fused-ring (bicyclic) bond motifs is 1. The summed E-state index contributed by atoms with van der Waals surface area (Å²) >= 11 is 0. The number of nitrogens with one attached hydrogen (secondary N) is 2. The van der Waals surface area contributed by atoms with E-state index >= 15 is 0 Å². The molecule has 21 heavy (non-hydrogen) atoms. The van der Waals surface area contributed by atoms with E-state index in [4.69, 9.17) is 0 Å². The third-order valence-electron chi connectivity index (χ3n) is 4.39. The molecule has 1 fully saturated rings. The van der Waals surface area contributed by atoms with E-state index < -0.39 is 0 Å². The molecule has 1 aromatic rings. The number of amides is 1. The zero-order valence-corrected chi connectivity index (χ0v) is 12.3. The Hall–Kier alpha value is -1.75. The number of rotatable bonds is 3. The fourth-order valence-electron chi connectivity index (χ4n) is 3.32. The molecule has 2 aliphatic heterocycles. The third kappa shape index (κ3) is 2.83. The second-order valence-corrected chi connectivity index (χ2v) is 5.74. The summed E-state index contributed by atoms with van der Waals surface area (Å²) < 4.78 is 0. The maximum Gasteiger partial charge on any atom is 0.256 e. The summed E-state index contributed by atoms with van der Waals surface area (Å²) in [5.74, 6) is 0.0844. The first kappa shape index (κ1) is 14.2. The topological polar surface area (TPSA) is 64.6 Å². The van der Waals surface area contributed by atoms with E-state index in [9.17, 15) is 9.90 Å². The van der Waals surface area contributed by atoms with Crippen molar-refractivity contribution in [1.29, 1.82) is 0 Å². The van der Waals surface area contributed by atoms with Gasteiger partial charge in [0.2, 0.25) is 0 Å². The minimum atomic E-state index is 0.0844. The molecule has 3 N–H and O–H groups in total. The van der Waals surface area contributed by atoms with Crippen molar-refractivity contribution in [1.82, 2.24) is 4.90 Å². The summed E-state index contributed by atoms with van der Waals surface area (Å²) in [6.07, 6.45) is 3.86. The lowest BCUT2D eigenvalue weighted by Gasteiger charge is -2.36. The predicted molar refractivity (Wildman–Crippen MR) is 83.8 cm³/mol. The van der Waals surface area contributed by atoms with Crippen LogP contribution in [0.4, 0.5) is 11.4 Å². The molecule has 0 aliphatic carbocycles. The molecule has 2 heterocycles. The first-order valence-electron chi connectivity index (χ1n) is 7.84. The summed E-state index contributed by atoms with van der Waals surface area (Å²) in [6.45, 7) is 2.64. The van der Waals surface area contributed by atoms with Crippen molar-refractivity contribution >= 4 is 17.3 Å². The van der Waals surface area contributed by atoms with Crippen LogP contribution in [-0.2, 0) is 0 Å². The second kappa shape index (κ2) is 6.35. The molecular weight excluding hydrogens is 266 g/mol. The van der Waals surface area contributed by atoms with Gasteiger partial charge in [-0.1, -0.05) is 6.07 Å². The van der Waals surface area contributed by atoms with Gasteiger partial charge in [-0.25, -0.2) is 0 Å². The Morgan fingerprint density at radius 1 is 1.29 bits per heavy atom. The van der Waals surface area contributed by atoms with Crippen LogP contribution in [0, 0.1) is 0 Å². The number of benzene rings is 1. The maximum atomic E-state index is 12.9. The smallest absolute Gasteiger partial charge is 0.256 e. The number of hydrogen-bond donors (Lipinski definition) is 3. The lowest BCUT2D eigenvalue weighted by molar-refractivity contribution is 0.0575. The van der Waals surface area contributed by atoms with E-state index in [2.05, 4.69) is 10.6 Å². The Kier molecular flexibility index (Phi) is 4.29. The van der Waals surface area contributed by atoms with Gasteiger partial charge >= 0.3 is 0 Å².